The van der Waals surface area contributed by atoms with Crippen LogP contribution in [-0.4, -0.2) is 0 Å². The third-order valence-electron chi connectivity index (χ3n) is 15.3. The van der Waals surface area contributed by atoms with Crippen LogP contribution in [0.4, 0.5) is 0 Å². The summed E-state index contributed by atoms with van der Waals surface area (Å²) in [6, 6.07) is 0. The molecule has 12 rings (SSSR count). The van der Waals surface area contributed by atoms with Gasteiger partial charge in [-0.25, -0.2) is 0 Å². The quantitative estimate of drug-likeness (QED) is 0.358. The van der Waals surface area contributed by atoms with Crippen molar-refractivity contribution in [3.8, 4) is 24.7 Å². The molecule has 0 aromatic rings. The van der Waals surface area contributed by atoms with Crippen LogP contribution in [0.2, 0.25) is 0 Å². The fraction of sp³-hybridized carbons (Fsp3) is 0.886. The number of rotatable bonds is 2. The molecular weight excluding hydrogens is 420 g/mol. The monoisotopic (exact) mass is 466 g/mol. The Hall–Kier alpha value is -0.880. The Morgan fingerprint density at radius 1 is 0.457 bits per heavy atom. The zero-order chi connectivity index (χ0) is 23.5. The first-order chi connectivity index (χ1) is 16.7. The van der Waals surface area contributed by atoms with Crippen molar-refractivity contribution in [2.24, 2.45) is 67.5 Å². The summed E-state index contributed by atoms with van der Waals surface area (Å²) in [5.74, 6) is 12.2. The van der Waals surface area contributed by atoms with E-state index in [0.717, 1.165) is 36.0 Å². The molecule has 0 N–H and O–H groups in total. The zero-order valence-electron chi connectivity index (χ0n) is 22.3. The van der Waals surface area contributed by atoms with Gasteiger partial charge in [-0.2, -0.15) is 0 Å². The minimum Gasteiger partial charge on any atom is -0.120 e. The molecule has 12 fully saturated rings. The fourth-order valence-corrected chi connectivity index (χ4v) is 16.3. The minimum absolute atomic E-state index is 0.0903. The van der Waals surface area contributed by atoms with Crippen molar-refractivity contribution in [2.75, 3.05) is 0 Å². The molecular formula is C35H46. The Bertz CT molecular complexity index is 1010. The van der Waals surface area contributed by atoms with E-state index in [2.05, 4.69) is 18.8 Å². The van der Waals surface area contributed by atoms with Gasteiger partial charge >= 0.3 is 0 Å². The maximum atomic E-state index is 6.46. The van der Waals surface area contributed by atoms with Crippen molar-refractivity contribution >= 4 is 0 Å². The topological polar surface area (TPSA) is 0 Å². The molecule has 0 heteroatoms. The molecule has 0 heterocycles. The van der Waals surface area contributed by atoms with E-state index in [-0.39, 0.29) is 10.8 Å². The molecule has 0 aromatic heterocycles. The van der Waals surface area contributed by atoms with E-state index in [0.29, 0.717) is 27.1 Å². The van der Waals surface area contributed by atoms with E-state index in [1.165, 1.54) is 44.9 Å². The van der Waals surface area contributed by atoms with Crippen molar-refractivity contribution in [2.45, 2.75) is 122 Å². The van der Waals surface area contributed by atoms with E-state index in [4.69, 9.17) is 12.8 Å². The summed E-state index contributed by atoms with van der Waals surface area (Å²) in [6.45, 7) is 2.60. The van der Waals surface area contributed by atoms with Crippen LogP contribution in [0.25, 0.3) is 0 Å². The molecule has 12 aliphatic carbocycles. The summed E-state index contributed by atoms with van der Waals surface area (Å²) in [5, 5.41) is 0. The summed E-state index contributed by atoms with van der Waals surface area (Å²) in [5.41, 5.74) is 2.92. The van der Waals surface area contributed by atoms with Gasteiger partial charge in [-0.3, -0.25) is 0 Å². The molecule has 186 valence electrons. The Labute approximate surface area is 214 Å². The molecule has 0 saturated heterocycles. The standard InChI is InChI=1S/C35H46/c1-4-30-17-29(3)18-31(5-2,20-30)22-35(19-29,21-30)34-15-27-9-28(16-34)14-33(13-27,23-34)32-10-24-6-25(11-32)8-26(7-24)12-32/h1-2,24-28H,6-23H2,3H3. The van der Waals surface area contributed by atoms with Gasteiger partial charge in [0.1, 0.15) is 0 Å². The van der Waals surface area contributed by atoms with Crippen molar-refractivity contribution in [1.29, 1.82) is 0 Å². The highest BCUT2D eigenvalue weighted by Gasteiger charge is 2.76. The summed E-state index contributed by atoms with van der Waals surface area (Å²) < 4.78 is 0. The highest BCUT2D eigenvalue weighted by molar-refractivity contribution is 5.32. The highest BCUT2D eigenvalue weighted by atomic mass is 14.8. The molecule has 4 unspecified atom stereocenters. The van der Waals surface area contributed by atoms with E-state index >= 15 is 0 Å². The van der Waals surface area contributed by atoms with Crippen molar-refractivity contribution in [3.63, 3.8) is 0 Å². The van der Waals surface area contributed by atoms with Gasteiger partial charge in [0.2, 0.25) is 0 Å². The second kappa shape index (κ2) is 5.90. The van der Waals surface area contributed by atoms with Crippen molar-refractivity contribution in [3.05, 3.63) is 0 Å². The maximum absolute atomic E-state index is 6.46. The largest absolute Gasteiger partial charge is 0.120 e. The number of terminal acetylenes is 2. The van der Waals surface area contributed by atoms with Crippen LogP contribution >= 0.6 is 0 Å². The average molecular weight is 467 g/mol. The lowest BCUT2D eigenvalue weighted by Crippen LogP contribution is -2.70. The van der Waals surface area contributed by atoms with Crippen LogP contribution in [0.5, 0.6) is 0 Å². The number of hydrogen-bond donors (Lipinski definition) is 0. The Morgan fingerprint density at radius 2 is 0.886 bits per heavy atom. The normalized spacial score (nSPS) is 66.5. The van der Waals surface area contributed by atoms with Gasteiger partial charge in [-0.15, -0.1) is 12.8 Å². The van der Waals surface area contributed by atoms with Gasteiger partial charge in [-0.05, 0) is 172 Å². The predicted molar refractivity (Wildman–Crippen MR) is 141 cm³/mol. The Kier molecular flexibility index (Phi) is 3.55. The van der Waals surface area contributed by atoms with E-state index < -0.39 is 0 Å². The van der Waals surface area contributed by atoms with Crippen LogP contribution in [0, 0.1) is 92.2 Å². The minimum atomic E-state index is 0.0903. The highest BCUT2D eigenvalue weighted by Crippen LogP contribution is 2.85. The SMILES string of the molecule is C#CC12CC3(C)CC(C#C)(C1)CC(C14CC5CC(CC(C67CC8CC(CC(C8)C6)C7)(C5)C1)C4)(C3)C2. The second-order valence-corrected chi connectivity index (χ2v) is 17.7. The predicted octanol–water partition coefficient (Wildman–Crippen LogP) is 8.40. The molecule has 0 radical (unpaired) electrons. The lowest BCUT2D eigenvalue weighted by atomic mass is 9.25. The molecule has 12 saturated carbocycles. The molecule has 0 amide bonds. The smallest absolute Gasteiger partial charge is 0.0337 e. The molecule has 12 aliphatic rings. The molecule has 12 bridgehead atoms. The van der Waals surface area contributed by atoms with Crippen LogP contribution in [-0.2, 0) is 0 Å². The zero-order valence-corrected chi connectivity index (χ0v) is 22.3. The summed E-state index contributed by atoms with van der Waals surface area (Å²) in [6.07, 6.45) is 39.7. The van der Waals surface area contributed by atoms with Crippen LogP contribution < -0.4 is 0 Å². The molecule has 0 aromatic carbocycles. The lowest BCUT2D eigenvalue weighted by molar-refractivity contribution is -0.286. The summed E-state index contributed by atoms with van der Waals surface area (Å²) in [7, 11) is 0. The first-order valence-electron chi connectivity index (χ1n) is 15.6. The third kappa shape index (κ3) is 2.38. The van der Waals surface area contributed by atoms with Gasteiger partial charge in [0, 0.05) is 10.8 Å². The third-order valence-corrected chi connectivity index (χ3v) is 15.3. The van der Waals surface area contributed by atoms with Gasteiger partial charge in [0.05, 0.1) is 0 Å². The number of hydrogen-bond acceptors (Lipinski definition) is 0. The first-order valence-corrected chi connectivity index (χ1v) is 15.6. The molecule has 0 nitrogen and oxygen atoms in total. The van der Waals surface area contributed by atoms with Crippen LogP contribution in [0.15, 0.2) is 0 Å². The van der Waals surface area contributed by atoms with Gasteiger partial charge in [0.15, 0.2) is 0 Å². The summed E-state index contributed by atoms with van der Waals surface area (Å²) in [4.78, 5) is 0. The average Bonchev–Trinajstić information content (AvgIpc) is 2.76. The van der Waals surface area contributed by atoms with Gasteiger partial charge < -0.3 is 0 Å². The van der Waals surface area contributed by atoms with Crippen molar-refractivity contribution in [1.82, 2.24) is 0 Å². The van der Waals surface area contributed by atoms with E-state index in [1.54, 1.807) is 64.2 Å². The van der Waals surface area contributed by atoms with E-state index in [9.17, 15) is 0 Å². The summed E-state index contributed by atoms with van der Waals surface area (Å²) >= 11 is 0. The second-order valence-electron chi connectivity index (χ2n) is 17.7. The Balaban J connectivity index is 1.19. The Morgan fingerprint density at radius 3 is 1.37 bits per heavy atom. The molecule has 0 aliphatic heterocycles. The van der Waals surface area contributed by atoms with E-state index in [1.807, 2.05) is 0 Å². The molecule has 35 heavy (non-hydrogen) atoms. The van der Waals surface area contributed by atoms with Gasteiger partial charge in [-0.1, -0.05) is 18.8 Å². The van der Waals surface area contributed by atoms with Gasteiger partial charge in [0.25, 0.3) is 0 Å². The lowest BCUT2D eigenvalue weighted by Gasteiger charge is -2.79. The first kappa shape index (κ1) is 21.1. The molecule has 0 spiro atoms. The molecule has 4 atom stereocenters. The van der Waals surface area contributed by atoms with Crippen LogP contribution in [0.3, 0.4) is 0 Å². The van der Waals surface area contributed by atoms with Crippen LogP contribution in [0.1, 0.15) is 122 Å². The maximum Gasteiger partial charge on any atom is 0.0337 e. The fourth-order valence-electron chi connectivity index (χ4n) is 16.3. The van der Waals surface area contributed by atoms with Crippen molar-refractivity contribution < 1.29 is 0 Å².